The molecule has 0 aromatic heterocycles. The third-order valence-electron chi connectivity index (χ3n) is 2.39. The van der Waals surface area contributed by atoms with Crippen molar-refractivity contribution in [2.75, 3.05) is 69.5 Å². The minimum atomic E-state index is 0.872. The molecule has 0 aliphatic rings. The van der Waals surface area contributed by atoms with Crippen LogP contribution in [0.15, 0.2) is 0 Å². The minimum absolute atomic E-state index is 0.872. The first-order valence-electron chi connectivity index (χ1n) is 6.18. The molecule has 0 bridgehead atoms. The highest BCUT2D eigenvalue weighted by molar-refractivity contribution is 5.75. The van der Waals surface area contributed by atoms with Gasteiger partial charge in [0.2, 0.25) is 0 Å². The number of rotatable bonds is 3. The Morgan fingerprint density at radius 2 is 1.00 bits per heavy atom. The summed E-state index contributed by atoms with van der Waals surface area (Å²) >= 11 is 0. The monoisotopic (exact) mass is 258 g/mol. The van der Waals surface area contributed by atoms with E-state index in [2.05, 4.69) is 29.6 Å². The Morgan fingerprint density at radius 1 is 0.722 bits per heavy atom. The molecule has 0 saturated heterocycles. The Hall–Kier alpha value is -1.46. The predicted octanol–water partition coefficient (Wildman–Crippen LogP) is -1.45. The maximum Gasteiger partial charge on any atom is 0.347 e. The smallest absolute Gasteiger partial charge is 0.275 e. The SMILES string of the molecule is CN(C)C(NCCNC(N(C)C)=[N+](C)C)=[N+](C)C. The highest BCUT2D eigenvalue weighted by atomic mass is 15.3. The molecule has 0 aliphatic carbocycles. The molecule has 18 heavy (non-hydrogen) atoms. The van der Waals surface area contributed by atoms with Gasteiger partial charge in [-0.25, -0.2) is 0 Å². The molecule has 0 atom stereocenters. The van der Waals surface area contributed by atoms with Crippen LogP contribution in [0.4, 0.5) is 0 Å². The van der Waals surface area contributed by atoms with Crippen LogP contribution >= 0.6 is 0 Å². The van der Waals surface area contributed by atoms with Crippen LogP contribution in [-0.4, -0.2) is 100 Å². The Labute approximate surface area is 112 Å². The fourth-order valence-electron chi connectivity index (χ4n) is 1.78. The normalized spacial score (nSPS) is 9.56. The molecule has 6 heteroatoms. The lowest BCUT2D eigenvalue weighted by atomic mass is 10.5. The van der Waals surface area contributed by atoms with E-state index >= 15 is 0 Å². The zero-order valence-electron chi connectivity index (χ0n) is 13.2. The molecule has 0 saturated carbocycles. The molecule has 0 aromatic rings. The van der Waals surface area contributed by atoms with E-state index in [1.807, 2.05) is 56.4 Å². The van der Waals surface area contributed by atoms with Crippen LogP contribution in [0.3, 0.4) is 0 Å². The third kappa shape index (κ3) is 5.75. The third-order valence-corrected chi connectivity index (χ3v) is 2.39. The van der Waals surface area contributed by atoms with Crippen molar-refractivity contribution in [2.45, 2.75) is 0 Å². The Balaban J connectivity index is 4.23. The molecule has 2 N–H and O–H groups in total. The van der Waals surface area contributed by atoms with E-state index in [-0.39, 0.29) is 0 Å². The van der Waals surface area contributed by atoms with Crippen molar-refractivity contribution >= 4 is 11.9 Å². The van der Waals surface area contributed by atoms with Crippen molar-refractivity contribution in [1.29, 1.82) is 0 Å². The van der Waals surface area contributed by atoms with Gasteiger partial charge in [0.05, 0.1) is 69.5 Å². The first kappa shape index (κ1) is 16.5. The standard InChI is InChI=1S/C12H28N6/c1-15(2)11(16(3)4)13-9-10-14-12(17(5)6)18(7)8/h9-10H2,1-8H3/p+2. The van der Waals surface area contributed by atoms with Gasteiger partial charge in [-0.3, -0.25) is 29.6 Å². The summed E-state index contributed by atoms with van der Waals surface area (Å²) in [6.07, 6.45) is 0. The Morgan fingerprint density at radius 3 is 1.17 bits per heavy atom. The van der Waals surface area contributed by atoms with E-state index in [0.29, 0.717) is 0 Å². The zero-order chi connectivity index (χ0) is 14.3. The summed E-state index contributed by atoms with van der Waals surface area (Å²) in [4.78, 5) is 4.14. The van der Waals surface area contributed by atoms with Crippen molar-refractivity contribution in [3.63, 3.8) is 0 Å². The van der Waals surface area contributed by atoms with Crippen molar-refractivity contribution in [2.24, 2.45) is 0 Å². The quantitative estimate of drug-likeness (QED) is 0.281. The fourth-order valence-corrected chi connectivity index (χ4v) is 1.78. The lowest BCUT2D eigenvalue weighted by molar-refractivity contribution is -0.472. The maximum absolute atomic E-state index is 3.41. The van der Waals surface area contributed by atoms with E-state index in [4.69, 9.17) is 0 Å². The maximum atomic E-state index is 3.41. The number of nitrogens with one attached hydrogen (secondary N) is 2. The topological polar surface area (TPSA) is 36.6 Å². The molecular weight excluding hydrogens is 228 g/mol. The average molecular weight is 258 g/mol. The van der Waals surface area contributed by atoms with E-state index in [1.54, 1.807) is 0 Å². The van der Waals surface area contributed by atoms with Crippen molar-refractivity contribution < 1.29 is 9.15 Å². The number of hydrogen-bond acceptors (Lipinski definition) is 0. The summed E-state index contributed by atoms with van der Waals surface area (Å²) in [6.45, 7) is 1.74. The predicted molar refractivity (Wildman–Crippen MR) is 77.6 cm³/mol. The second-order valence-electron chi connectivity index (χ2n) is 5.08. The van der Waals surface area contributed by atoms with Gasteiger partial charge in [-0.15, -0.1) is 0 Å². The molecule has 106 valence electrons. The van der Waals surface area contributed by atoms with Crippen LogP contribution in [0.5, 0.6) is 0 Å². The van der Waals surface area contributed by atoms with Gasteiger partial charge in [-0.1, -0.05) is 0 Å². The van der Waals surface area contributed by atoms with Gasteiger partial charge in [0.1, 0.15) is 0 Å². The molecule has 0 fully saturated rings. The van der Waals surface area contributed by atoms with Crippen LogP contribution in [0.2, 0.25) is 0 Å². The van der Waals surface area contributed by atoms with E-state index < -0.39 is 0 Å². The lowest BCUT2D eigenvalue weighted by Crippen LogP contribution is -2.48. The largest absolute Gasteiger partial charge is 0.347 e. The van der Waals surface area contributed by atoms with E-state index in [1.165, 1.54) is 0 Å². The van der Waals surface area contributed by atoms with Gasteiger partial charge in [0, 0.05) is 0 Å². The molecular formula is C12H30N6+2. The summed E-state index contributed by atoms with van der Waals surface area (Å²) in [6, 6.07) is 0. The van der Waals surface area contributed by atoms with Crippen LogP contribution in [0, 0.1) is 0 Å². The first-order chi connectivity index (χ1) is 8.27. The van der Waals surface area contributed by atoms with Crippen LogP contribution in [0.25, 0.3) is 0 Å². The van der Waals surface area contributed by atoms with E-state index in [9.17, 15) is 0 Å². The fraction of sp³-hybridized carbons (Fsp3) is 0.833. The van der Waals surface area contributed by atoms with Crippen molar-refractivity contribution in [3.05, 3.63) is 0 Å². The Kier molecular flexibility index (Phi) is 7.16. The van der Waals surface area contributed by atoms with Crippen LogP contribution in [-0.2, 0) is 0 Å². The highest BCUT2D eigenvalue weighted by Crippen LogP contribution is 1.79. The van der Waals surface area contributed by atoms with Crippen molar-refractivity contribution in [3.8, 4) is 0 Å². The number of nitrogens with zero attached hydrogens (tertiary/aromatic N) is 4. The Bertz CT molecular complexity index is 277. The zero-order valence-corrected chi connectivity index (χ0v) is 13.2. The molecule has 0 heterocycles. The average Bonchev–Trinajstić information content (AvgIpc) is 2.20. The summed E-state index contributed by atoms with van der Waals surface area (Å²) in [7, 11) is 16.3. The molecule has 0 radical (unpaired) electrons. The molecule has 0 aromatic carbocycles. The molecule has 0 spiro atoms. The first-order valence-corrected chi connectivity index (χ1v) is 6.18. The van der Waals surface area contributed by atoms with Crippen LogP contribution < -0.4 is 10.6 Å². The van der Waals surface area contributed by atoms with Gasteiger partial charge in [0.15, 0.2) is 0 Å². The van der Waals surface area contributed by atoms with Gasteiger partial charge in [0.25, 0.3) is 0 Å². The van der Waals surface area contributed by atoms with Gasteiger partial charge >= 0.3 is 11.9 Å². The van der Waals surface area contributed by atoms with Gasteiger partial charge in [-0.05, 0) is 0 Å². The van der Waals surface area contributed by atoms with Gasteiger partial charge < -0.3 is 0 Å². The molecule has 0 unspecified atom stereocenters. The second-order valence-corrected chi connectivity index (χ2v) is 5.08. The molecule has 0 rings (SSSR count). The molecule has 0 amide bonds. The number of hydrogen-bond donors (Lipinski definition) is 2. The number of guanidine groups is 2. The molecule has 6 nitrogen and oxygen atoms in total. The minimum Gasteiger partial charge on any atom is -0.275 e. The lowest BCUT2D eigenvalue weighted by Gasteiger charge is -2.14. The summed E-state index contributed by atoms with van der Waals surface area (Å²) in [5.41, 5.74) is 0. The van der Waals surface area contributed by atoms with E-state index in [0.717, 1.165) is 25.0 Å². The van der Waals surface area contributed by atoms with Gasteiger partial charge in [-0.2, -0.15) is 0 Å². The van der Waals surface area contributed by atoms with Crippen LogP contribution in [0.1, 0.15) is 0 Å². The molecule has 0 aliphatic heterocycles. The van der Waals surface area contributed by atoms with Crippen molar-refractivity contribution in [1.82, 2.24) is 20.4 Å². The summed E-state index contributed by atoms with van der Waals surface area (Å²) in [5, 5.41) is 6.81. The second kappa shape index (κ2) is 7.79. The summed E-state index contributed by atoms with van der Waals surface area (Å²) < 4.78 is 4.14. The summed E-state index contributed by atoms with van der Waals surface area (Å²) in [5.74, 6) is 2.21. The highest BCUT2D eigenvalue weighted by Gasteiger charge is 2.13.